The van der Waals surface area contributed by atoms with Gasteiger partial charge in [-0.2, -0.15) is 15.5 Å². The second-order valence-electron chi connectivity index (χ2n) is 8.80. The lowest BCUT2D eigenvalue weighted by atomic mass is 9.86. The number of hydrogen-bond acceptors (Lipinski definition) is 9. The zero-order chi connectivity index (χ0) is 27.6. The minimum Gasteiger partial charge on any atom is -0.381 e. The Morgan fingerprint density at radius 2 is 1.97 bits per heavy atom. The summed E-state index contributed by atoms with van der Waals surface area (Å²) in [4.78, 5) is 22.7. The van der Waals surface area contributed by atoms with Crippen LogP contribution in [0.4, 0.5) is 8.78 Å². The number of nitrogens with zero attached hydrogens (tertiary/aromatic N) is 8. The van der Waals surface area contributed by atoms with E-state index in [1.807, 2.05) is 24.3 Å². The molecule has 0 aliphatic heterocycles. The van der Waals surface area contributed by atoms with E-state index in [-0.39, 0.29) is 18.7 Å². The maximum absolute atomic E-state index is 14.9. The highest BCUT2D eigenvalue weighted by atomic mass is 32.1. The molecule has 5 aromatic rings. The van der Waals surface area contributed by atoms with E-state index in [0.717, 1.165) is 28.1 Å². The van der Waals surface area contributed by atoms with Gasteiger partial charge in [-0.05, 0) is 30.2 Å². The van der Waals surface area contributed by atoms with Crippen LogP contribution in [0.2, 0.25) is 0 Å². The number of rotatable bonds is 8. The molecule has 39 heavy (non-hydrogen) atoms. The first kappa shape index (κ1) is 26.0. The van der Waals surface area contributed by atoms with E-state index < -0.39 is 28.8 Å². The fourth-order valence-corrected chi connectivity index (χ4v) is 5.39. The Kier molecular flexibility index (Phi) is 7.05. The molecule has 0 radical (unpaired) electrons. The molecule has 0 saturated heterocycles. The van der Waals surface area contributed by atoms with Gasteiger partial charge < -0.3 is 5.11 Å². The molecule has 0 saturated carbocycles. The van der Waals surface area contributed by atoms with E-state index in [9.17, 15) is 18.7 Å². The maximum atomic E-state index is 14.9. The van der Waals surface area contributed by atoms with Crippen molar-refractivity contribution < 1.29 is 13.9 Å². The van der Waals surface area contributed by atoms with Crippen molar-refractivity contribution in [2.24, 2.45) is 10.2 Å². The molecule has 5 rings (SSSR count). The smallest absolute Gasteiger partial charge is 0.271 e. The molecule has 1 N–H and O–H groups in total. The lowest BCUT2D eigenvalue weighted by Crippen LogP contribution is -2.43. The van der Waals surface area contributed by atoms with Gasteiger partial charge in [-0.15, -0.1) is 11.3 Å². The van der Waals surface area contributed by atoms with E-state index in [0.29, 0.717) is 16.3 Å². The summed E-state index contributed by atoms with van der Waals surface area (Å²) in [5.41, 5.74) is -0.425. The van der Waals surface area contributed by atoms with Crippen LogP contribution in [0.25, 0.3) is 20.7 Å². The van der Waals surface area contributed by atoms with Crippen LogP contribution in [0, 0.1) is 23.1 Å². The zero-order valence-corrected chi connectivity index (χ0v) is 21.3. The third-order valence-electron chi connectivity index (χ3n) is 6.45. The Hall–Kier alpha value is -4.67. The largest absolute Gasteiger partial charge is 0.381 e. The molecule has 3 aromatic heterocycles. The molecule has 0 spiro atoms. The highest BCUT2D eigenvalue weighted by Gasteiger charge is 2.41. The van der Waals surface area contributed by atoms with Gasteiger partial charge in [0.25, 0.3) is 5.56 Å². The van der Waals surface area contributed by atoms with Crippen molar-refractivity contribution in [1.82, 2.24) is 24.3 Å². The predicted octanol–water partition coefficient (Wildman–Crippen LogP) is 4.58. The monoisotopic (exact) mass is 546 g/mol. The molecule has 3 heterocycles. The summed E-state index contributed by atoms with van der Waals surface area (Å²) < 4.78 is 31.5. The predicted molar refractivity (Wildman–Crippen MR) is 138 cm³/mol. The summed E-state index contributed by atoms with van der Waals surface area (Å²) >= 11 is 1.24. The van der Waals surface area contributed by atoms with Gasteiger partial charge in [0.1, 0.15) is 34.6 Å². The Bertz CT molecular complexity index is 1760. The van der Waals surface area contributed by atoms with Crippen molar-refractivity contribution in [2.75, 3.05) is 0 Å². The highest BCUT2D eigenvalue weighted by molar-refractivity contribution is 7.22. The van der Waals surface area contributed by atoms with Gasteiger partial charge in [-0.3, -0.25) is 9.36 Å². The van der Waals surface area contributed by atoms with Gasteiger partial charge in [0.05, 0.1) is 31.0 Å². The SMILES string of the molecule is C[C@@H](n1cnc2cc(-c3ccc(CN=NC#N)cc3)sc2c1=O)[C@](O)(Cn1cncn1)c1ccc(F)cc1F. The van der Waals surface area contributed by atoms with E-state index in [4.69, 9.17) is 5.26 Å². The lowest BCUT2D eigenvalue weighted by Gasteiger charge is -2.35. The van der Waals surface area contributed by atoms with Crippen LogP contribution in [0.5, 0.6) is 0 Å². The zero-order valence-electron chi connectivity index (χ0n) is 20.4. The summed E-state index contributed by atoms with van der Waals surface area (Å²) in [5, 5.41) is 31.4. The lowest BCUT2D eigenvalue weighted by molar-refractivity contribution is -0.0343. The second-order valence-corrected chi connectivity index (χ2v) is 9.85. The number of halogens is 2. The van der Waals surface area contributed by atoms with Crippen LogP contribution in [-0.4, -0.2) is 29.4 Å². The number of azo groups is 1. The molecular formula is C26H20F2N8O2S. The number of aromatic nitrogens is 5. The van der Waals surface area contributed by atoms with Crippen LogP contribution in [0.3, 0.4) is 0 Å². The van der Waals surface area contributed by atoms with E-state index in [2.05, 4.69) is 25.3 Å². The van der Waals surface area contributed by atoms with Crippen molar-refractivity contribution in [2.45, 2.75) is 31.7 Å². The molecule has 196 valence electrons. The quantitative estimate of drug-likeness (QED) is 0.224. The minimum atomic E-state index is -2.01. The summed E-state index contributed by atoms with van der Waals surface area (Å²) in [7, 11) is 0. The van der Waals surface area contributed by atoms with Crippen molar-refractivity contribution in [3.05, 3.63) is 101 Å². The normalized spacial score (nSPS) is 13.9. The van der Waals surface area contributed by atoms with Gasteiger partial charge in [0, 0.05) is 16.5 Å². The molecule has 0 fully saturated rings. The molecule has 0 aliphatic carbocycles. The van der Waals surface area contributed by atoms with Gasteiger partial charge in [0.2, 0.25) is 6.19 Å². The van der Waals surface area contributed by atoms with Crippen molar-refractivity contribution in [3.8, 4) is 16.6 Å². The van der Waals surface area contributed by atoms with Gasteiger partial charge in [0.15, 0.2) is 0 Å². The molecule has 10 nitrogen and oxygen atoms in total. The Morgan fingerprint density at radius 1 is 1.18 bits per heavy atom. The summed E-state index contributed by atoms with van der Waals surface area (Å²) in [6.45, 7) is 1.58. The van der Waals surface area contributed by atoms with Crippen molar-refractivity contribution in [3.63, 3.8) is 0 Å². The molecular weight excluding hydrogens is 526 g/mol. The first-order valence-corrected chi connectivity index (χ1v) is 12.5. The van der Waals surface area contributed by atoms with Gasteiger partial charge in [-0.25, -0.2) is 23.4 Å². The molecule has 2 aromatic carbocycles. The fourth-order valence-electron chi connectivity index (χ4n) is 4.34. The average molecular weight is 547 g/mol. The fraction of sp³-hybridized carbons (Fsp3) is 0.192. The van der Waals surface area contributed by atoms with Crippen LogP contribution in [-0.2, 0) is 18.7 Å². The minimum absolute atomic E-state index is 0.194. The molecule has 0 bridgehead atoms. The van der Waals surface area contributed by atoms with Gasteiger partial charge >= 0.3 is 0 Å². The topological polar surface area (TPSA) is 134 Å². The highest BCUT2D eigenvalue weighted by Crippen LogP contribution is 2.37. The Labute approximate surface area is 224 Å². The molecule has 0 amide bonds. The second kappa shape index (κ2) is 10.6. The van der Waals surface area contributed by atoms with E-state index in [1.165, 1.54) is 39.6 Å². The number of nitriles is 1. The maximum Gasteiger partial charge on any atom is 0.271 e. The Morgan fingerprint density at radius 3 is 2.67 bits per heavy atom. The average Bonchev–Trinajstić information content (AvgIpc) is 3.59. The third-order valence-corrected chi connectivity index (χ3v) is 7.61. The molecule has 0 aliphatic rings. The van der Waals surface area contributed by atoms with E-state index in [1.54, 1.807) is 19.2 Å². The first-order valence-electron chi connectivity index (χ1n) is 11.7. The number of hydrogen-bond donors (Lipinski definition) is 1. The molecule has 13 heteroatoms. The first-order chi connectivity index (χ1) is 18.8. The summed E-state index contributed by atoms with van der Waals surface area (Å²) in [6.07, 6.45) is 5.54. The summed E-state index contributed by atoms with van der Waals surface area (Å²) in [6, 6.07) is 11.1. The van der Waals surface area contributed by atoms with Crippen LogP contribution in [0.15, 0.2) is 82.5 Å². The Balaban J connectivity index is 1.53. The van der Waals surface area contributed by atoms with Crippen LogP contribution >= 0.6 is 11.3 Å². The molecule has 2 atom stereocenters. The number of benzene rings is 2. The summed E-state index contributed by atoms with van der Waals surface area (Å²) in [5.74, 6) is -1.75. The number of aliphatic hydroxyl groups is 1. The van der Waals surface area contributed by atoms with Crippen molar-refractivity contribution >= 4 is 21.6 Å². The van der Waals surface area contributed by atoms with Crippen molar-refractivity contribution in [1.29, 1.82) is 5.26 Å². The van der Waals surface area contributed by atoms with Gasteiger partial charge in [-0.1, -0.05) is 35.4 Å². The third kappa shape index (κ3) is 5.07. The molecule has 0 unspecified atom stereocenters. The van der Waals surface area contributed by atoms with Crippen LogP contribution in [0.1, 0.15) is 24.1 Å². The number of thiophene rings is 1. The number of fused-ring (bicyclic) bond motifs is 1. The van der Waals surface area contributed by atoms with E-state index >= 15 is 0 Å². The standard InChI is InChI=1S/C26H20F2N8O2S/c1-16(26(38,11-35-14-30-13-34-35)20-7-6-19(27)8-21(20)28)36-15-31-22-9-23(39-24(22)25(36)37)18-4-2-17(3-5-18)10-32-33-12-29/h2-9,13-16,38H,10-11H2,1H3/t16-,26-/m1/s1. The van der Waals surface area contributed by atoms with Crippen LogP contribution < -0.4 is 5.56 Å².